The van der Waals surface area contributed by atoms with E-state index >= 15 is 0 Å². The van der Waals surface area contributed by atoms with Gasteiger partial charge in [0.05, 0.1) is 10.6 Å². The normalized spacial score (nSPS) is 11.6. The zero-order chi connectivity index (χ0) is 23.8. The van der Waals surface area contributed by atoms with Crippen molar-refractivity contribution >= 4 is 10.0 Å². The van der Waals surface area contributed by atoms with Crippen LogP contribution in [0.1, 0.15) is 28.1 Å². The Kier molecular flexibility index (Phi) is 6.01. The predicted molar refractivity (Wildman–Crippen MR) is 125 cm³/mol. The van der Waals surface area contributed by atoms with Crippen molar-refractivity contribution < 1.29 is 12.9 Å². The molecule has 2 heterocycles. The maximum atomic E-state index is 13.1. The monoisotopic (exact) mass is 464 g/mol. The third-order valence-corrected chi connectivity index (χ3v) is 6.91. The topological polar surface area (TPSA) is 107 Å². The summed E-state index contributed by atoms with van der Waals surface area (Å²) in [4.78, 5) is 12.6. The summed E-state index contributed by atoms with van der Waals surface area (Å²) >= 11 is 0. The quantitative estimate of drug-likeness (QED) is 0.467. The van der Waals surface area contributed by atoms with Gasteiger partial charge in [-0.3, -0.25) is 4.79 Å². The minimum atomic E-state index is -3.78. The van der Waals surface area contributed by atoms with Crippen LogP contribution in [-0.2, 0) is 16.6 Å². The van der Waals surface area contributed by atoms with Gasteiger partial charge in [0.1, 0.15) is 11.4 Å². The smallest absolute Gasteiger partial charge is 0.271 e. The van der Waals surface area contributed by atoms with Gasteiger partial charge in [-0.15, -0.1) is 0 Å². The maximum absolute atomic E-state index is 13.1. The fourth-order valence-electron chi connectivity index (χ4n) is 3.52. The van der Waals surface area contributed by atoms with E-state index in [-0.39, 0.29) is 17.0 Å². The number of aryl methyl sites for hydroxylation is 4. The van der Waals surface area contributed by atoms with Crippen molar-refractivity contribution in [3.05, 3.63) is 93.1 Å². The molecule has 0 bridgehead atoms. The lowest BCUT2D eigenvalue weighted by atomic mass is 10.1. The highest BCUT2D eigenvalue weighted by molar-refractivity contribution is 7.89. The average molecular weight is 465 g/mol. The molecule has 0 saturated carbocycles. The number of hydrogen-bond acceptors (Lipinski definition) is 6. The summed E-state index contributed by atoms with van der Waals surface area (Å²) in [6.45, 7) is 7.32. The molecule has 0 unspecified atom stereocenters. The van der Waals surface area contributed by atoms with E-state index < -0.39 is 10.0 Å². The molecule has 170 valence electrons. The van der Waals surface area contributed by atoms with Gasteiger partial charge < -0.3 is 4.52 Å². The summed E-state index contributed by atoms with van der Waals surface area (Å²) in [7, 11) is -3.78. The van der Waals surface area contributed by atoms with E-state index in [1.165, 1.54) is 10.7 Å². The highest BCUT2D eigenvalue weighted by atomic mass is 32.2. The molecule has 0 fully saturated rings. The summed E-state index contributed by atoms with van der Waals surface area (Å²) in [6.07, 6.45) is 0. The molecule has 9 heteroatoms. The Morgan fingerprint density at radius 2 is 1.70 bits per heavy atom. The minimum Gasteiger partial charge on any atom is -0.359 e. The van der Waals surface area contributed by atoms with Crippen LogP contribution in [0.5, 0.6) is 0 Å². The Morgan fingerprint density at radius 3 is 2.36 bits per heavy atom. The van der Waals surface area contributed by atoms with Crippen LogP contribution in [0.2, 0.25) is 0 Å². The summed E-state index contributed by atoms with van der Waals surface area (Å²) in [5, 5.41) is 8.33. The van der Waals surface area contributed by atoms with Crippen molar-refractivity contribution in [2.75, 3.05) is 0 Å². The first-order chi connectivity index (χ1) is 15.7. The zero-order valence-corrected chi connectivity index (χ0v) is 19.6. The molecule has 0 amide bonds. The van der Waals surface area contributed by atoms with Crippen LogP contribution in [-0.4, -0.2) is 23.4 Å². The van der Waals surface area contributed by atoms with E-state index in [0.717, 1.165) is 11.1 Å². The van der Waals surface area contributed by atoms with E-state index in [4.69, 9.17) is 4.52 Å². The summed E-state index contributed by atoms with van der Waals surface area (Å²) < 4.78 is 35.2. The number of nitrogens with zero attached hydrogens (tertiary/aromatic N) is 3. The van der Waals surface area contributed by atoms with Crippen molar-refractivity contribution in [1.29, 1.82) is 0 Å². The van der Waals surface area contributed by atoms with Gasteiger partial charge in [0.15, 0.2) is 5.76 Å². The molecule has 8 nitrogen and oxygen atoms in total. The number of nitrogens with one attached hydrogen (secondary N) is 1. The molecule has 4 rings (SSSR count). The van der Waals surface area contributed by atoms with Crippen LogP contribution in [0.15, 0.2) is 68.8 Å². The van der Waals surface area contributed by atoms with Crippen molar-refractivity contribution in [3.8, 4) is 16.9 Å². The van der Waals surface area contributed by atoms with Crippen LogP contribution in [0.25, 0.3) is 16.9 Å². The summed E-state index contributed by atoms with van der Waals surface area (Å²) in [5.74, 6) is 0.465. The molecular weight excluding hydrogens is 440 g/mol. The second-order valence-electron chi connectivity index (χ2n) is 7.93. The standard InChI is InChI=1S/C24H24N4O4S/c1-15-5-8-19(9-6-15)14-25-33(30,31)22-13-20(10-7-16(22)2)21-11-12-23(29)28(26-21)24-17(3)27-32-18(24)4/h5-13,25H,14H2,1-4H3. The lowest BCUT2D eigenvalue weighted by molar-refractivity contribution is 0.392. The molecule has 0 aliphatic rings. The molecule has 0 radical (unpaired) electrons. The second-order valence-corrected chi connectivity index (χ2v) is 9.67. The van der Waals surface area contributed by atoms with Crippen LogP contribution < -0.4 is 10.3 Å². The first-order valence-electron chi connectivity index (χ1n) is 10.4. The Morgan fingerprint density at radius 1 is 0.970 bits per heavy atom. The van der Waals surface area contributed by atoms with Crippen molar-refractivity contribution in [2.45, 2.75) is 39.1 Å². The molecule has 0 spiro atoms. The summed E-state index contributed by atoms with van der Waals surface area (Å²) in [5.41, 5.74) is 4.26. The first-order valence-corrected chi connectivity index (χ1v) is 11.8. The largest absolute Gasteiger partial charge is 0.359 e. The second kappa shape index (κ2) is 8.76. The van der Waals surface area contributed by atoms with Gasteiger partial charge in [0.25, 0.3) is 5.56 Å². The van der Waals surface area contributed by atoms with Crippen LogP contribution in [0.3, 0.4) is 0 Å². The number of rotatable bonds is 6. The van der Waals surface area contributed by atoms with Gasteiger partial charge in [-0.1, -0.05) is 47.1 Å². The van der Waals surface area contributed by atoms with Crippen molar-refractivity contribution in [1.82, 2.24) is 19.7 Å². The highest BCUT2D eigenvalue weighted by Gasteiger charge is 2.19. The summed E-state index contributed by atoms with van der Waals surface area (Å²) in [6, 6.07) is 15.7. The average Bonchev–Trinajstić information content (AvgIpc) is 3.12. The van der Waals surface area contributed by atoms with E-state index in [1.807, 2.05) is 31.2 Å². The molecule has 33 heavy (non-hydrogen) atoms. The molecule has 4 aromatic rings. The minimum absolute atomic E-state index is 0.156. The van der Waals surface area contributed by atoms with Crippen molar-refractivity contribution in [2.24, 2.45) is 0 Å². The van der Waals surface area contributed by atoms with Gasteiger partial charge in [-0.05, 0) is 51.0 Å². The highest BCUT2D eigenvalue weighted by Crippen LogP contribution is 2.24. The fraction of sp³-hybridized carbons (Fsp3) is 0.208. The Bertz CT molecular complexity index is 1470. The lowest BCUT2D eigenvalue weighted by Crippen LogP contribution is -2.24. The number of benzene rings is 2. The van der Waals surface area contributed by atoms with Crippen LogP contribution in [0, 0.1) is 27.7 Å². The Labute approximate surface area is 191 Å². The van der Waals surface area contributed by atoms with Crippen molar-refractivity contribution in [3.63, 3.8) is 0 Å². The van der Waals surface area contributed by atoms with E-state index in [0.29, 0.717) is 34.0 Å². The Hall–Kier alpha value is -3.56. The molecule has 2 aromatic heterocycles. The SMILES string of the molecule is Cc1ccc(CNS(=O)(=O)c2cc(-c3ccc(=O)n(-c4c(C)noc4C)n3)ccc2C)cc1. The molecule has 0 saturated heterocycles. The van der Waals surface area contributed by atoms with Gasteiger partial charge in [0, 0.05) is 18.2 Å². The van der Waals surface area contributed by atoms with Gasteiger partial charge in [-0.2, -0.15) is 9.78 Å². The third-order valence-electron chi connectivity index (χ3n) is 5.37. The predicted octanol–water partition coefficient (Wildman–Crippen LogP) is 3.60. The third kappa shape index (κ3) is 4.64. The molecule has 0 aliphatic carbocycles. The number of sulfonamides is 1. The van der Waals surface area contributed by atoms with Crippen LogP contribution >= 0.6 is 0 Å². The lowest BCUT2D eigenvalue weighted by Gasteiger charge is -2.12. The molecular formula is C24H24N4O4S. The zero-order valence-electron chi connectivity index (χ0n) is 18.8. The van der Waals surface area contributed by atoms with E-state index in [2.05, 4.69) is 15.0 Å². The molecule has 0 aliphatic heterocycles. The van der Waals surface area contributed by atoms with Gasteiger partial charge in [-0.25, -0.2) is 13.1 Å². The number of hydrogen-bond donors (Lipinski definition) is 1. The maximum Gasteiger partial charge on any atom is 0.271 e. The first kappa shape index (κ1) is 22.6. The Balaban J connectivity index is 1.69. The van der Waals surface area contributed by atoms with Crippen LogP contribution in [0.4, 0.5) is 0 Å². The van der Waals surface area contributed by atoms with E-state index in [9.17, 15) is 13.2 Å². The fourth-order valence-corrected chi connectivity index (χ4v) is 4.80. The molecule has 1 N–H and O–H groups in total. The number of aromatic nitrogens is 3. The van der Waals surface area contributed by atoms with Gasteiger partial charge in [0.2, 0.25) is 10.0 Å². The van der Waals surface area contributed by atoms with Gasteiger partial charge >= 0.3 is 0 Å². The molecule has 2 aromatic carbocycles. The van der Waals surface area contributed by atoms with E-state index in [1.54, 1.807) is 45.0 Å². The molecule has 0 atom stereocenters.